The van der Waals surface area contributed by atoms with Gasteiger partial charge in [-0.05, 0) is 31.2 Å². The number of ether oxygens (including phenoxy) is 1. The third-order valence-electron chi connectivity index (χ3n) is 2.38. The molecule has 4 nitrogen and oxygen atoms in total. The van der Waals surface area contributed by atoms with Crippen LogP contribution in [0.4, 0.5) is 19.0 Å². The second-order valence-corrected chi connectivity index (χ2v) is 3.73. The van der Waals surface area contributed by atoms with Gasteiger partial charge >= 0.3 is 6.61 Å². The number of alkyl halides is 2. The smallest absolute Gasteiger partial charge is 0.387 e. The zero-order chi connectivity index (χ0) is 14.0. The third-order valence-corrected chi connectivity index (χ3v) is 2.38. The van der Waals surface area contributed by atoms with Gasteiger partial charge in [0.2, 0.25) is 0 Å². The van der Waals surface area contributed by atoms with Crippen molar-refractivity contribution in [2.75, 3.05) is 5.73 Å². The molecule has 0 saturated carbocycles. The van der Waals surface area contributed by atoms with Crippen LogP contribution in [-0.2, 0) is 0 Å². The third kappa shape index (κ3) is 2.93. The van der Waals surface area contributed by atoms with Crippen LogP contribution in [0, 0.1) is 12.7 Å². The van der Waals surface area contributed by atoms with Gasteiger partial charge in [0, 0.05) is 5.56 Å². The summed E-state index contributed by atoms with van der Waals surface area (Å²) in [5.41, 5.74) is 6.05. The minimum atomic E-state index is -2.88. The van der Waals surface area contributed by atoms with Crippen molar-refractivity contribution in [2.24, 2.45) is 0 Å². The molecule has 0 aliphatic carbocycles. The van der Waals surface area contributed by atoms with Gasteiger partial charge in [-0.3, -0.25) is 0 Å². The number of rotatable bonds is 3. The number of benzene rings is 1. The predicted octanol–water partition coefficient (Wildman–Crippen LogP) is 2.77. The molecule has 2 rings (SSSR count). The van der Waals surface area contributed by atoms with E-state index >= 15 is 0 Å². The van der Waals surface area contributed by atoms with E-state index in [-0.39, 0.29) is 23.1 Å². The topological polar surface area (TPSA) is 61.0 Å². The van der Waals surface area contributed by atoms with Crippen molar-refractivity contribution >= 4 is 5.82 Å². The standard InChI is InChI=1S/C12H10F3N3O/c1-6-9(13)10(16)18-11(17-6)7-2-4-8(5-3-7)19-12(14)15/h2-5,12H,1H3,(H2,16,17,18). The first-order chi connectivity index (χ1) is 8.97. The molecule has 0 spiro atoms. The molecule has 0 atom stereocenters. The summed E-state index contributed by atoms with van der Waals surface area (Å²) >= 11 is 0. The highest BCUT2D eigenvalue weighted by Crippen LogP contribution is 2.22. The van der Waals surface area contributed by atoms with E-state index in [4.69, 9.17) is 5.73 Å². The second kappa shape index (κ2) is 5.13. The van der Waals surface area contributed by atoms with E-state index in [9.17, 15) is 13.2 Å². The fourth-order valence-corrected chi connectivity index (χ4v) is 1.50. The number of hydrogen-bond donors (Lipinski definition) is 1. The lowest BCUT2D eigenvalue weighted by Gasteiger charge is -2.07. The summed E-state index contributed by atoms with van der Waals surface area (Å²) < 4.78 is 41.5. The molecule has 0 bridgehead atoms. The molecule has 0 aliphatic rings. The minimum Gasteiger partial charge on any atom is -0.435 e. The molecule has 0 radical (unpaired) electrons. The highest BCUT2D eigenvalue weighted by Gasteiger charge is 2.10. The van der Waals surface area contributed by atoms with E-state index in [0.717, 1.165) is 0 Å². The molecule has 19 heavy (non-hydrogen) atoms. The number of halogens is 3. The van der Waals surface area contributed by atoms with Crippen molar-refractivity contribution < 1.29 is 17.9 Å². The highest BCUT2D eigenvalue weighted by atomic mass is 19.3. The normalized spacial score (nSPS) is 10.8. The molecule has 0 amide bonds. The van der Waals surface area contributed by atoms with Crippen molar-refractivity contribution in [2.45, 2.75) is 13.5 Å². The number of hydrogen-bond acceptors (Lipinski definition) is 4. The first kappa shape index (κ1) is 13.1. The molecule has 2 aromatic rings. The fourth-order valence-electron chi connectivity index (χ4n) is 1.50. The van der Waals surface area contributed by atoms with Crippen molar-refractivity contribution in [1.29, 1.82) is 0 Å². The molecular formula is C12H10F3N3O. The van der Waals surface area contributed by atoms with Crippen molar-refractivity contribution in [3.63, 3.8) is 0 Å². The SMILES string of the molecule is Cc1nc(-c2ccc(OC(F)F)cc2)nc(N)c1F. The van der Waals surface area contributed by atoms with Crippen LogP contribution >= 0.6 is 0 Å². The lowest BCUT2D eigenvalue weighted by Crippen LogP contribution is -2.03. The van der Waals surface area contributed by atoms with E-state index in [1.54, 1.807) is 0 Å². The largest absolute Gasteiger partial charge is 0.435 e. The van der Waals surface area contributed by atoms with Gasteiger partial charge < -0.3 is 10.5 Å². The zero-order valence-corrected chi connectivity index (χ0v) is 9.90. The molecule has 2 N–H and O–H groups in total. The Morgan fingerprint density at radius 2 is 1.79 bits per heavy atom. The summed E-state index contributed by atoms with van der Waals surface area (Å²) in [6, 6.07) is 5.67. The highest BCUT2D eigenvalue weighted by molar-refractivity contribution is 5.58. The molecule has 100 valence electrons. The van der Waals surface area contributed by atoms with Gasteiger partial charge in [-0.25, -0.2) is 14.4 Å². The van der Waals surface area contributed by atoms with Gasteiger partial charge in [0.1, 0.15) is 5.75 Å². The Balaban J connectivity index is 2.32. The van der Waals surface area contributed by atoms with Gasteiger partial charge in [0.15, 0.2) is 17.5 Å². The summed E-state index contributed by atoms with van der Waals surface area (Å²) in [6.07, 6.45) is 0. The maximum atomic E-state index is 13.3. The molecule has 0 aliphatic heterocycles. The summed E-state index contributed by atoms with van der Waals surface area (Å²) in [4.78, 5) is 7.74. The summed E-state index contributed by atoms with van der Waals surface area (Å²) in [6.45, 7) is -1.42. The molecule has 0 fully saturated rings. The molecule has 1 heterocycles. The summed E-state index contributed by atoms with van der Waals surface area (Å²) in [5.74, 6) is -0.678. The molecule has 1 aromatic heterocycles. The number of anilines is 1. The molecule has 7 heteroatoms. The van der Waals surface area contributed by atoms with Crippen LogP contribution < -0.4 is 10.5 Å². The van der Waals surface area contributed by atoms with Crippen LogP contribution in [-0.4, -0.2) is 16.6 Å². The summed E-state index contributed by atoms with van der Waals surface area (Å²) in [7, 11) is 0. The quantitative estimate of drug-likeness (QED) is 0.930. The first-order valence-corrected chi connectivity index (χ1v) is 5.32. The fraction of sp³-hybridized carbons (Fsp3) is 0.167. The number of aryl methyl sites for hydroxylation is 1. The molecule has 0 saturated heterocycles. The van der Waals surface area contributed by atoms with Gasteiger partial charge in [-0.2, -0.15) is 8.78 Å². The molecule has 1 aromatic carbocycles. The van der Waals surface area contributed by atoms with Crippen LogP contribution in [0.25, 0.3) is 11.4 Å². The van der Waals surface area contributed by atoms with Crippen LogP contribution in [0.2, 0.25) is 0 Å². The van der Waals surface area contributed by atoms with Crippen LogP contribution in [0.1, 0.15) is 5.69 Å². The monoisotopic (exact) mass is 269 g/mol. The van der Waals surface area contributed by atoms with Crippen molar-refractivity contribution in [1.82, 2.24) is 9.97 Å². The van der Waals surface area contributed by atoms with E-state index in [1.165, 1.54) is 31.2 Å². The van der Waals surface area contributed by atoms with E-state index in [0.29, 0.717) is 5.56 Å². The Bertz CT molecular complexity index is 564. The predicted molar refractivity (Wildman–Crippen MR) is 63.2 cm³/mol. The van der Waals surface area contributed by atoms with E-state index < -0.39 is 12.4 Å². The molecule has 0 unspecified atom stereocenters. The Morgan fingerprint density at radius 3 is 2.32 bits per heavy atom. The average molecular weight is 269 g/mol. The van der Waals surface area contributed by atoms with E-state index in [1.807, 2.05) is 0 Å². The Labute approximate surface area is 107 Å². The van der Waals surface area contributed by atoms with Crippen LogP contribution in [0.15, 0.2) is 24.3 Å². The lowest BCUT2D eigenvalue weighted by molar-refractivity contribution is -0.0498. The van der Waals surface area contributed by atoms with Gasteiger partial charge in [-0.1, -0.05) is 0 Å². The number of aromatic nitrogens is 2. The van der Waals surface area contributed by atoms with E-state index in [2.05, 4.69) is 14.7 Å². The first-order valence-electron chi connectivity index (χ1n) is 5.32. The van der Waals surface area contributed by atoms with Gasteiger partial charge in [0.05, 0.1) is 5.69 Å². The Kier molecular flexibility index (Phi) is 3.55. The molecular weight excluding hydrogens is 259 g/mol. The number of nitrogen functional groups attached to an aromatic ring is 1. The Hall–Kier alpha value is -2.31. The maximum absolute atomic E-state index is 13.3. The average Bonchev–Trinajstić information content (AvgIpc) is 2.35. The van der Waals surface area contributed by atoms with Gasteiger partial charge in [-0.15, -0.1) is 0 Å². The van der Waals surface area contributed by atoms with Crippen LogP contribution in [0.5, 0.6) is 5.75 Å². The minimum absolute atomic E-state index is 0.0190. The van der Waals surface area contributed by atoms with Gasteiger partial charge in [0.25, 0.3) is 0 Å². The Morgan fingerprint density at radius 1 is 1.16 bits per heavy atom. The maximum Gasteiger partial charge on any atom is 0.387 e. The van der Waals surface area contributed by atoms with Crippen LogP contribution in [0.3, 0.4) is 0 Å². The summed E-state index contributed by atoms with van der Waals surface area (Å²) in [5, 5.41) is 0. The van der Waals surface area contributed by atoms with Crippen molar-refractivity contribution in [3.05, 3.63) is 35.8 Å². The zero-order valence-electron chi connectivity index (χ0n) is 9.90. The van der Waals surface area contributed by atoms with Crippen molar-refractivity contribution in [3.8, 4) is 17.1 Å². The lowest BCUT2D eigenvalue weighted by atomic mass is 10.2. The number of nitrogens with two attached hydrogens (primary N) is 1. The number of nitrogens with zero attached hydrogens (tertiary/aromatic N) is 2. The second-order valence-electron chi connectivity index (χ2n) is 3.73.